The van der Waals surface area contributed by atoms with Crippen LogP contribution < -0.4 is 20.3 Å². The molecule has 29 heavy (non-hydrogen) atoms. The molecule has 0 bridgehead atoms. The molecule has 0 radical (unpaired) electrons. The zero-order valence-electron chi connectivity index (χ0n) is 17.6. The number of guanidine groups is 1. The number of para-hydroxylation sites is 2. The van der Waals surface area contributed by atoms with Gasteiger partial charge in [-0.15, -0.1) is 24.0 Å². The van der Waals surface area contributed by atoms with Gasteiger partial charge in [-0.25, -0.2) is 0 Å². The minimum atomic E-state index is 0. The molecule has 2 aromatic rings. The van der Waals surface area contributed by atoms with E-state index >= 15 is 0 Å². The molecule has 2 unspecified atom stereocenters. The number of ether oxygens (including phenoxy) is 1. The quantitative estimate of drug-likeness (QED) is 0.337. The number of hydrogen-bond donors (Lipinski definition) is 2. The molecule has 2 heterocycles. The molecule has 0 amide bonds. The van der Waals surface area contributed by atoms with Crippen LogP contribution in [-0.2, 0) is 0 Å². The molecule has 1 saturated heterocycles. The van der Waals surface area contributed by atoms with E-state index in [0.29, 0.717) is 12.6 Å². The summed E-state index contributed by atoms with van der Waals surface area (Å²) in [6.07, 6.45) is 2.76. The smallest absolute Gasteiger partial charge is 0.191 e. The van der Waals surface area contributed by atoms with Crippen molar-refractivity contribution in [3.05, 3.63) is 48.4 Å². The van der Waals surface area contributed by atoms with Crippen molar-refractivity contribution < 1.29 is 9.15 Å². The maximum atomic E-state index is 5.58. The van der Waals surface area contributed by atoms with Gasteiger partial charge in [0.2, 0.25) is 0 Å². The molecular weight excluding hydrogens is 481 g/mol. The number of methoxy groups -OCH3 is 1. The molecule has 0 aliphatic carbocycles. The summed E-state index contributed by atoms with van der Waals surface area (Å²) >= 11 is 0. The van der Waals surface area contributed by atoms with Crippen LogP contribution in [0.1, 0.15) is 18.2 Å². The number of halogens is 1. The summed E-state index contributed by atoms with van der Waals surface area (Å²) in [6, 6.07) is 12.6. The van der Waals surface area contributed by atoms with Crippen molar-refractivity contribution in [2.24, 2.45) is 4.99 Å². The fourth-order valence-corrected chi connectivity index (χ4v) is 3.59. The molecule has 0 saturated carbocycles. The van der Waals surface area contributed by atoms with Crippen LogP contribution >= 0.6 is 24.0 Å². The van der Waals surface area contributed by atoms with Crippen LogP contribution in [0.15, 0.2) is 52.1 Å². The summed E-state index contributed by atoms with van der Waals surface area (Å²) in [5.74, 6) is 2.67. The van der Waals surface area contributed by atoms with Gasteiger partial charge in [-0.05, 0) is 44.8 Å². The predicted molar refractivity (Wildman–Crippen MR) is 129 cm³/mol. The molecule has 7 nitrogen and oxygen atoms in total. The summed E-state index contributed by atoms with van der Waals surface area (Å²) in [7, 11) is 7.62. The highest BCUT2D eigenvalue weighted by Gasteiger charge is 2.25. The van der Waals surface area contributed by atoms with E-state index < -0.39 is 0 Å². The Hall–Kier alpha value is -1.94. The van der Waals surface area contributed by atoms with Gasteiger partial charge in [0.25, 0.3) is 0 Å². The van der Waals surface area contributed by atoms with E-state index in [1.54, 1.807) is 20.4 Å². The van der Waals surface area contributed by atoms with Crippen LogP contribution in [-0.4, -0.2) is 64.8 Å². The minimum Gasteiger partial charge on any atom is -0.495 e. The number of rotatable bonds is 7. The highest BCUT2D eigenvalue weighted by molar-refractivity contribution is 14.0. The summed E-state index contributed by atoms with van der Waals surface area (Å²) in [6.45, 7) is 2.61. The zero-order valence-corrected chi connectivity index (χ0v) is 19.9. The Morgan fingerprint density at radius 1 is 1.31 bits per heavy atom. The predicted octanol–water partition coefficient (Wildman–Crippen LogP) is 2.95. The van der Waals surface area contributed by atoms with E-state index in [1.165, 1.54) is 0 Å². The third-order valence-electron chi connectivity index (χ3n) is 5.14. The SMILES string of the molecule is CN=C(NCC(c1ccco1)N(C)C)NC1CCN(c2ccccc2OC)C1.I. The zero-order chi connectivity index (χ0) is 19.9. The fraction of sp³-hybridized carbons (Fsp3) is 0.476. The molecule has 0 spiro atoms. The number of benzene rings is 1. The van der Waals surface area contributed by atoms with Gasteiger partial charge in [0.05, 0.1) is 25.1 Å². The first kappa shape index (κ1) is 23.3. The first-order valence-corrected chi connectivity index (χ1v) is 9.67. The molecule has 8 heteroatoms. The molecule has 1 aliphatic rings. The Morgan fingerprint density at radius 3 is 2.76 bits per heavy atom. The van der Waals surface area contributed by atoms with Gasteiger partial charge in [0, 0.05) is 32.7 Å². The van der Waals surface area contributed by atoms with Crippen molar-refractivity contribution in [3.8, 4) is 5.75 Å². The van der Waals surface area contributed by atoms with Crippen molar-refractivity contribution in [2.75, 3.05) is 52.8 Å². The monoisotopic (exact) mass is 513 g/mol. The lowest BCUT2D eigenvalue weighted by Gasteiger charge is -2.25. The number of nitrogens with one attached hydrogen (secondary N) is 2. The van der Waals surface area contributed by atoms with Gasteiger partial charge >= 0.3 is 0 Å². The Kier molecular flexibility index (Phi) is 9.09. The topological polar surface area (TPSA) is 65.3 Å². The van der Waals surface area contributed by atoms with E-state index in [4.69, 9.17) is 9.15 Å². The largest absolute Gasteiger partial charge is 0.495 e. The standard InChI is InChI=1S/C21H31N5O2.HI/c1-22-21(23-14-18(25(2)3)20-10-7-13-28-20)24-16-11-12-26(15-16)17-8-5-6-9-19(17)27-4;/h5-10,13,16,18H,11-12,14-15H2,1-4H3,(H2,22,23,24);1H. The van der Waals surface area contributed by atoms with Gasteiger partial charge in [-0.2, -0.15) is 0 Å². The van der Waals surface area contributed by atoms with Gasteiger partial charge in [0.15, 0.2) is 5.96 Å². The number of furan rings is 1. The lowest BCUT2D eigenvalue weighted by molar-refractivity contribution is 0.258. The lowest BCUT2D eigenvalue weighted by Crippen LogP contribution is -2.46. The molecule has 1 aromatic carbocycles. The Balaban J connectivity index is 0.00000300. The van der Waals surface area contributed by atoms with Crippen molar-refractivity contribution >= 4 is 35.6 Å². The summed E-state index contributed by atoms with van der Waals surface area (Å²) in [5, 5.41) is 6.99. The summed E-state index contributed by atoms with van der Waals surface area (Å²) < 4.78 is 11.1. The van der Waals surface area contributed by atoms with Crippen molar-refractivity contribution in [1.29, 1.82) is 0 Å². The van der Waals surface area contributed by atoms with Crippen LogP contribution in [0.3, 0.4) is 0 Å². The Morgan fingerprint density at radius 2 is 2.10 bits per heavy atom. The van der Waals surface area contributed by atoms with Crippen LogP contribution in [0, 0.1) is 0 Å². The van der Waals surface area contributed by atoms with Gasteiger partial charge in [0.1, 0.15) is 11.5 Å². The fourth-order valence-electron chi connectivity index (χ4n) is 3.59. The molecule has 2 atom stereocenters. The second-order valence-electron chi connectivity index (χ2n) is 7.20. The van der Waals surface area contributed by atoms with Gasteiger partial charge < -0.3 is 24.7 Å². The molecule has 1 aliphatic heterocycles. The number of nitrogens with zero attached hydrogens (tertiary/aromatic N) is 3. The molecule has 2 N–H and O–H groups in total. The second-order valence-corrected chi connectivity index (χ2v) is 7.20. The number of hydrogen-bond acceptors (Lipinski definition) is 5. The van der Waals surface area contributed by atoms with Gasteiger partial charge in [-0.3, -0.25) is 9.89 Å². The van der Waals surface area contributed by atoms with Crippen LogP contribution in [0.2, 0.25) is 0 Å². The maximum Gasteiger partial charge on any atom is 0.191 e. The lowest BCUT2D eigenvalue weighted by atomic mass is 10.2. The first-order valence-electron chi connectivity index (χ1n) is 9.67. The summed E-state index contributed by atoms with van der Waals surface area (Å²) in [5.41, 5.74) is 1.14. The molecule has 3 rings (SSSR count). The van der Waals surface area contributed by atoms with Crippen molar-refractivity contribution in [2.45, 2.75) is 18.5 Å². The van der Waals surface area contributed by atoms with E-state index in [0.717, 1.165) is 42.7 Å². The van der Waals surface area contributed by atoms with Gasteiger partial charge in [-0.1, -0.05) is 12.1 Å². The molecule has 160 valence electrons. The van der Waals surface area contributed by atoms with Crippen molar-refractivity contribution in [1.82, 2.24) is 15.5 Å². The van der Waals surface area contributed by atoms with E-state index in [-0.39, 0.29) is 30.0 Å². The number of anilines is 1. The van der Waals surface area contributed by atoms with Crippen LogP contribution in [0.5, 0.6) is 5.75 Å². The normalized spacial score (nSPS) is 17.8. The van der Waals surface area contributed by atoms with Crippen molar-refractivity contribution in [3.63, 3.8) is 0 Å². The van der Waals surface area contributed by atoms with E-state index in [1.807, 2.05) is 38.4 Å². The second kappa shape index (κ2) is 11.3. The van der Waals surface area contributed by atoms with Crippen LogP contribution in [0.25, 0.3) is 0 Å². The average Bonchev–Trinajstić information content (AvgIpc) is 3.39. The number of aliphatic imine (C=N–C) groups is 1. The molecular formula is C21H32IN5O2. The Bertz CT molecular complexity index is 766. The minimum absolute atomic E-state index is 0. The highest BCUT2D eigenvalue weighted by Crippen LogP contribution is 2.30. The molecule has 1 aromatic heterocycles. The highest BCUT2D eigenvalue weighted by atomic mass is 127. The molecule has 1 fully saturated rings. The van der Waals surface area contributed by atoms with Crippen LogP contribution in [0.4, 0.5) is 5.69 Å². The third-order valence-corrected chi connectivity index (χ3v) is 5.14. The maximum absolute atomic E-state index is 5.58. The third kappa shape index (κ3) is 6.02. The summed E-state index contributed by atoms with van der Waals surface area (Å²) in [4.78, 5) is 8.89. The van der Waals surface area contributed by atoms with E-state index in [9.17, 15) is 0 Å². The van der Waals surface area contributed by atoms with E-state index in [2.05, 4.69) is 37.6 Å². The Labute approximate surface area is 190 Å². The average molecular weight is 513 g/mol. The number of likely N-dealkylation sites (N-methyl/N-ethyl adjacent to an activating group) is 1. The first-order chi connectivity index (χ1) is 13.6.